The Morgan fingerprint density at radius 3 is 2.73 bits per heavy atom. The van der Waals surface area contributed by atoms with E-state index in [1.165, 1.54) is 11.1 Å². The number of anilines is 1. The number of morpholine rings is 1. The first kappa shape index (κ1) is 23.2. The van der Waals surface area contributed by atoms with E-state index in [1.54, 1.807) is 11.3 Å². The fourth-order valence-corrected chi connectivity index (χ4v) is 4.91. The molecule has 0 bridgehead atoms. The van der Waals surface area contributed by atoms with Gasteiger partial charge in [-0.2, -0.15) is 0 Å². The van der Waals surface area contributed by atoms with Crippen molar-refractivity contribution < 1.29 is 9.53 Å². The van der Waals surface area contributed by atoms with Gasteiger partial charge in [0.15, 0.2) is 5.13 Å². The Labute approximate surface area is 195 Å². The van der Waals surface area contributed by atoms with Crippen LogP contribution in [-0.4, -0.2) is 55.2 Å². The second-order valence-electron chi connectivity index (χ2n) is 7.27. The first-order chi connectivity index (χ1) is 14.0. The molecule has 1 aromatic heterocycles. The molecule has 8 heteroatoms. The molecule has 1 saturated heterocycles. The molecule has 0 N–H and O–H groups in total. The van der Waals surface area contributed by atoms with E-state index in [1.807, 2.05) is 29.2 Å². The smallest absolute Gasteiger partial charge is 0.260 e. The Hall–Kier alpha value is -1.51. The summed E-state index contributed by atoms with van der Waals surface area (Å²) in [6, 6.07) is 11.8. The topological polar surface area (TPSA) is 45.7 Å². The number of hydrogen-bond donors (Lipinski definition) is 0. The van der Waals surface area contributed by atoms with Crippen LogP contribution in [0.25, 0.3) is 10.2 Å². The lowest BCUT2D eigenvalue weighted by atomic mass is 10.1. The van der Waals surface area contributed by atoms with Crippen molar-refractivity contribution in [2.45, 2.75) is 13.8 Å². The number of amides is 1. The zero-order chi connectivity index (χ0) is 20.4. The average Bonchev–Trinajstić information content (AvgIpc) is 3.16. The molecular weight excluding hydrogens is 486 g/mol. The highest BCUT2D eigenvalue weighted by Crippen LogP contribution is 2.32. The van der Waals surface area contributed by atoms with Gasteiger partial charge in [0, 0.05) is 36.2 Å². The van der Waals surface area contributed by atoms with Crippen LogP contribution in [0, 0.1) is 13.8 Å². The molecule has 0 unspecified atom stereocenters. The van der Waals surface area contributed by atoms with Crippen molar-refractivity contribution in [3.8, 4) is 0 Å². The number of carbonyl (C=O) groups excluding carboxylic acids is 1. The largest absolute Gasteiger partial charge is 0.379 e. The number of thiazole rings is 1. The van der Waals surface area contributed by atoms with Crippen LogP contribution < -0.4 is 4.90 Å². The summed E-state index contributed by atoms with van der Waals surface area (Å²) in [5.74, 6) is -0.0204. The van der Waals surface area contributed by atoms with E-state index < -0.39 is 0 Å². The number of ether oxygens (including phenoxy) is 1. The number of nitrogens with zero attached hydrogens (tertiary/aromatic N) is 3. The molecule has 1 aliphatic rings. The lowest BCUT2D eigenvalue weighted by molar-refractivity contribution is 0.0391. The molecule has 160 valence electrons. The predicted octanol–water partition coefficient (Wildman–Crippen LogP) is 5.08. The number of halogens is 2. The maximum absolute atomic E-state index is 13.4. The highest BCUT2D eigenvalue weighted by molar-refractivity contribution is 9.10. The molecule has 5 nitrogen and oxygen atoms in total. The highest BCUT2D eigenvalue weighted by Gasteiger charge is 2.23. The molecular formula is C22H25BrClN3O2S. The fraction of sp³-hybridized carbons (Fsp3) is 0.364. The van der Waals surface area contributed by atoms with Crippen molar-refractivity contribution in [2.24, 2.45) is 0 Å². The van der Waals surface area contributed by atoms with E-state index in [-0.39, 0.29) is 18.3 Å². The summed E-state index contributed by atoms with van der Waals surface area (Å²) in [6.07, 6.45) is 0. The third-order valence-corrected chi connectivity index (χ3v) is 6.90. The molecule has 4 rings (SSSR count). The van der Waals surface area contributed by atoms with Gasteiger partial charge >= 0.3 is 0 Å². The molecule has 30 heavy (non-hydrogen) atoms. The van der Waals surface area contributed by atoms with Crippen molar-refractivity contribution in [2.75, 3.05) is 44.3 Å². The van der Waals surface area contributed by atoms with Gasteiger partial charge in [0.05, 0.1) is 23.4 Å². The lowest BCUT2D eigenvalue weighted by Crippen LogP contribution is -2.43. The molecule has 1 aliphatic heterocycles. The summed E-state index contributed by atoms with van der Waals surface area (Å²) in [4.78, 5) is 22.5. The van der Waals surface area contributed by atoms with Gasteiger partial charge in [0.25, 0.3) is 5.91 Å². The minimum absolute atomic E-state index is 0. The molecule has 0 atom stereocenters. The van der Waals surface area contributed by atoms with Crippen LogP contribution in [0.3, 0.4) is 0 Å². The first-order valence-corrected chi connectivity index (χ1v) is 11.4. The average molecular weight is 511 g/mol. The van der Waals surface area contributed by atoms with E-state index in [2.05, 4.69) is 46.8 Å². The summed E-state index contributed by atoms with van der Waals surface area (Å²) in [7, 11) is 0. The SMILES string of the molecule is Cc1ccc2sc(N(CCN3CCOCC3)C(=O)c3cccc(Br)c3)nc2c1C.Cl. The van der Waals surface area contributed by atoms with Crippen LogP contribution in [0.15, 0.2) is 40.9 Å². The third kappa shape index (κ3) is 5.03. The Morgan fingerprint density at radius 2 is 2.00 bits per heavy atom. The maximum atomic E-state index is 13.4. The minimum atomic E-state index is -0.0204. The van der Waals surface area contributed by atoms with Gasteiger partial charge in [0.2, 0.25) is 0 Å². The van der Waals surface area contributed by atoms with Gasteiger partial charge in [-0.3, -0.25) is 14.6 Å². The molecule has 2 heterocycles. The maximum Gasteiger partial charge on any atom is 0.260 e. The minimum Gasteiger partial charge on any atom is -0.379 e. The highest BCUT2D eigenvalue weighted by atomic mass is 79.9. The van der Waals surface area contributed by atoms with Gasteiger partial charge < -0.3 is 4.74 Å². The fourth-order valence-electron chi connectivity index (χ4n) is 3.46. The van der Waals surface area contributed by atoms with E-state index >= 15 is 0 Å². The van der Waals surface area contributed by atoms with Crippen LogP contribution in [0.1, 0.15) is 21.5 Å². The van der Waals surface area contributed by atoms with E-state index in [4.69, 9.17) is 9.72 Å². The van der Waals surface area contributed by atoms with Crippen molar-refractivity contribution in [3.63, 3.8) is 0 Å². The summed E-state index contributed by atoms with van der Waals surface area (Å²) < 4.78 is 7.46. The second kappa shape index (κ2) is 10.2. The summed E-state index contributed by atoms with van der Waals surface area (Å²) >= 11 is 5.06. The number of aryl methyl sites for hydroxylation is 2. The van der Waals surface area contributed by atoms with Crippen molar-refractivity contribution in [3.05, 3.63) is 57.6 Å². The summed E-state index contributed by atoms with van der Waals surface area (Å²) in [5.41, 5.74) is 4.04. The number of benzene rings is 2. The zero-order valence-electron chi connectivity index (χ0n) is 17.1. The molecule has 0 radical (unpaired) electrons. The van der Waals surface area contributed by atoms with Crippen LogP contribution in [0.4, 0.5) is 5.13 Å². The number of hydrogen-bond acceptors (Lipinski definition) is 5. The van der Waals surface area contributed by atoms with Crippen molar-refractivity contribution in [1.29, 1.82) is 0 Å². The standard InChI is InChI=1S/C22H24BrN3O2S.ClH/c1-15-6-7-19-20(16(15)2)24-22(29-19)26(9-8-25-10-12-28-13-11-25)21(27)17-4-3-5-18(23)14-17;/h3-7,14H,8-13H2,1-2H3;1H. The third-order valence-electron chi connectivity index (χ3n) is 5.36. The zero-order valence-corrected chi connectivity index (χ0v) is 20.3. The lowest BCUT2D eigenvalue weighted by Gasteiger charge is -2.29. The van der Waals surface area contributed by atoms with Crippen molar-refractivity contribution >= 4 is 60.9 Å². The Balaban J connectivity index is 0.00000256. The second-order valence-corrected chi connectivity index (χ2v) is 9.20. The van der Waals surface area contributed by atoms with Gasteiger partial charge in [-0.05, 0) is 49.2 Å². The molecule has 0 saturated carbocycles. The molecule has 1 amide bonds. The Kier molecular flexibility index (Phi) is 7.87. The van der Waals surface area contributed by atoms with E-state index in [0.29, 0.717) is 12.1 Å². The summed E-state index contributed by atoms with van der Waals surface area (Å²) in [6.45, 7) is 8.89. The van der Waals surface area contributed by atoms with Gasteiger partial charge in [-0.1, -0.05) is 39.4 Å². The normalized spacial score (nSPS) is 14.5. The quantitative estimate of drug-likeness (QED) is 0.480. The molecule has 2 aromatic carbocycles. The molecule has 0 aliphatic carbocycles. The van der Waals surface area contributed by atoms with Gasteiger partial charge in [0.1, 0.15) is 0 Å². The molecule has 0 spiro atoms. The number of aromatic nitrogens is 1. The number of rotatable bonds is 5. The van der Waals surface area contributed by atoms with Crippen LogP contribution in [-0.2, 0) is 4.74 Å². The molecule has 1 fully saturated rings. The predicted molar refractivity (Wildman–Crippen MR) is 129 cm³/mol. The van der Waals surface area contributed by atoms with Crippen molar-refractivity contribution in [1.82, 2.24) is 9.88 Å². The Bertz CT molecular complexity index is 1040. The van der Waals surface area contributed by atoms with Crippen LogP contribution >= 0.6 is 39.7 Å². The summed E-state index contributed by atoms with van der Waals surface area (Å²) in [5, 5.41) is 0.756. The monoisotopic (exact) mass is 509 g/mol. The molecule has 3 aromatic rings. The Morgan fingerprint density at radius 1 is 1.23 bits per heavy atom. The van der Waals surface area contributed by atoms with E-state index in [0.717, 1.165) is 52.7 Å². The number of fused-ring (bicyclic) bond motifs is 1. The van der Waals surface area contributed by atoms with Crippen LogP contribution in [0.2, 0.25) is 0 Å². The number of carbonyl (C=O) groups is 1. The van der Waals surface area contributed by atoms with Gasteiger partial charge in [-0.25, -0.2) is 4.98 Å². The first-order valence-electron chi connectivity index (χ1n) is 9.77. The van der Waals surface area contributed by atoms with Crippen LogP contribution in [0.5, 0.6) is 0 Å². The van der Waals surface area contributed by atoms with Gasteiger partial charge in [-0.15, -0.1) is 12.4 Å². The van der Waals surface area contributed by atoms with E-state index in [9.17, 15) is 4.79 Å².